The summed E-state index contributed by atoms with van der Waals surface area (Å²) in [7, 11) is 2.03. The van der Waals surface area contributed by atoms with Gasteiger partial charge in [-0.05, 0) is 37.4 Å². The Balaban J connectivity index is 1.80. The molecule has 1 fully saturated rings. The van der Waals surface area contributed by atoms with E-state index < -0.39 is 0 Å². The number of carbonyl (C=O) groups is 1. The van der Waals surface area contributed by atoms with Crippen molar-refractivity contribution in [3.63, 3.8) is 0 Å². The molecule has 4 nitrogen and oxygen atoms in total. The topological polar surface area (TPSA) is 58.4 Å². The number of hydrogen-bond acceptors (Lipinski definition) is 3. The molecule has 1 saturated carbocycles. The van der Waals surface area contributed by atoms with Gasteiger partial charge in [0.2, 0.25) is 5.91 Å². The third-order valence-corrected chi connectivity index (χ3v) is 4.22. The molecule has 0 atom stereocenters. The van der Waals surface area contributed by atoms with Crippen LogP contribution in [0.2, 0.25) is 0 Å². The van der Waals surface area contributed by atoms with Gasteiger partial charge in [-0.1, -0.05) is 37.5 Å². The smallest absolute Gasteiger partial charge is 0.238 e. The summed E-state index contributed by atoms with van der Waals surface area (Å²) in [6.07, 6.45) is 6.67. The lowest BCUT2D eigenvalue weighted by molar-refractivity contribution is -0.117. The normalized spacial score (nSPS) is 16.1. The second-order valence-corrected chi connectivity index (χ2v) is 6.11. The lowest BCUT2D eigenvalue weighted by Crippen LogP contribution is -2.34. The van der Waals surface area contributed by atoms with Gasteiger partial charge in [-0.25, -0.2) is 0 Å². The highest BCUT2D eigenvalue weighted by atomic mass is 16.2. The number of amides is 1. The molecular weight excluding hydrogens is 262 g/mol. The van der Waals surface area contributed by atoms with Crippen LogP contribution in [0.3, 0.4) is 0 Å². The summed E-state index contributed by atoms with van der Waals surface area (Å²) in [6, 6.07) is 7.70. The lowest BCUT2D eigenvalue weighted by atomic mass is 9.89. The molecular formula is C17H27N3O. The van der Waals surface area contributed by atoms with Crippen LogP contribution in [0.5, 0.6) is 0 Å². The first-order chi connectivity index (χ1) is 10.2. The number of likely N-dealkylation sites (N-methyl/N-ethyl adjacent to an activating group) is 1. The van der Waals surface area contributed by atoms with Crippen molar-refractivity contribution in [3.8, 4) is 0 Å². The number of nitrogens with one attached hydrogen (secondary N) is 1. The second kappa shape index (κ2) is 8.15. The molecule has 0 radical (unpaired) electrons. The number of benzene rings is 1. The molecule has 0 aromatic heterocycles. The van der Waals surface area contributed by atoms with Gasteiger partial charge in [-0.2, -0.15) is 0 Å². The maximum Gasteiger partial charge on any atom is 0.238 e. The summed E-state index contributed by atoms with van der Waals surface area (Å²) in [5.41, 5.74) is 7.49. The van der Waals surface area contributed by atoms with E-state index in [4.69, 9.17) is 5.73 Å². The third kappa shape index (κ3) is 5.14. The van der Waals surface area contributed by atoms with Crippen molar-refractivity contribution in [1.82, 2.24) is 4.90 Å². The SMILES string of the molecule is CN(CC(=O)Nc1ccccc1CN)CC1CCCCC1. The van der Waals surface area contributed by atoms with Gasteiger partial charge in [0, 0.05) is 18.8 Å². The zero-order valence-electron chi connectivity index (χ0n) is 13.0. The van der Waals surface area contributed by atoms with Crippen LogP contribution in [0.1, 0.15) is 37.7 Å². The number of para-hydroxylation sites is 1. The van der Waals surface area contributed by atoms with Gasteiger partial charge in [0.1, 0.15) is 0 Å². The number of carbonyl (C=O) groups excluding carboxylic acids is 1. The molecule has 3 N–H and O–H groups in total. The van der Waals surface area contributed by atoms with E-state index >= 15 is 0 Å². The van der Waals surface area contributed by atoms with Gasteiger partial charge in [0.05, 0.1) is 6.54 Å². The van der Waals surface area contributed by atoms with Gasteiger partial charge < -0.3 is 11.1 Å². The van der Waals surface area contributed by atoms with Crippen molar-refractivity contribution < 1.29 is 4.79 Å². The van der Waals surface area contributed by atoms with Crippen LogP contribution < -0.4 is 11.1 Å². The number of hydrogen-bond donors (Lipinski definition) is 2. The van der Waals surface area contributed by atoms with Crippen molar-refractivity contribution in [2.75, 3.05) is 25.5 Å². The second-order valence-electron chi connectivity index (χ2n) is 6.11. The first kappa shape index (κ1) is 16.0. The van der Waals surface area contributed by atoms with Gasteiger partial charge >= 0.3 is 0 Å². The molecule has 4 heteroatoms. The first-order valence-electron chi connectivity index (χ1n) is 7.95. The van der Waals surface area contributed by atoms with Crippen molar-refractivity contribution in [1.29, 1.82) is 0 Å². The Labute approximate surface area is 127 Å². The van der Waals surface area contributed by atoms with Gasteiger partial charge in [-0.3, -0.25) is 9.69 Å². The van der Waals surface area contributed by atoms with Crippen LogP contribution >= 0.6 is 0 Å². The fraction of sp³-hybridized carbons (Fsp3) is 0.588. The molecule has 1 aliphatic rings. The predicted molar refractivity (Wildman–Crippen MR) is 87.0 cm³/mol. The van der Waals surface area contributed by atoms with Crippen LogP contribution in [0.4, 0.5) is 5.69 Å². The molecule has 0 bridgehead atoms. The molecule has 0 saturated heterocycles. The Morgan fingerprint density at radius 2 is 2.00 bits per heavy atom. The highest BCUT2D eigenvalue weighted by Gasteiger charge is 2.17. The molecule has 21 heavy (non-hydrogen) atoms. The molecule has 1 aromatic rings. The van der Waals surface area contributed by atoms with Crippen LogP contribution in [-0.4, -0.2) is 30.9 Å². The van der Waals surface area contributed by atoms with E-state index in [1.165, 1.54) is 32.1 Å². The molecule has 1 aromatic carbocycles. The van der Waals surface area contributed by atoms with E-state index in [0.717, 1.165) is 23.7 Å². The average Bonchev–Trinajstić information content (AvgIpc) is 2.48. The predicted octanol–water partition coefficient (Wildman–Crippen LogP) is 2.60. The zero-order chi connectivity index (χ0) is 15.1. The summed E-state index contributed by atoms with van der Waals surface area (Å²) in [5, 5.41) is 2.97. The van der Waals surface area contributed by atoms with Crippen molar-refractivity contribution in [2.24, 2.45) is 11.7 Å². The molecule has 1 aliphatic carbocycles. The maximum atomic E-state index is 12.1. The monoisotopic (exact) mass is 289 g/mol. The summed E-state index contributed by atoms with van der Waals surface area (Å²) in [5.74, 6) is 0.794. The van der Waals surface area contributed by atoms with E-state index in [1.807, 2.05) is 31.3 Å². The number of rotatable bonds is 6. The molecule has 0 heterocycles. The Morgan fingerprint density at radius 3 is 2.71 bits per heavy atom. The zero-order valence-corrected chi connectivity index (χ0v) is 13.0. The number of anilines is 1. The van der Waals surface area contributed by atoms with E-state index in [9.17, 15) is 4.79 Å². The van der Waals surface area contributed by atoms with Crippen LogP contribution in [0.25, 0.3) is 0 Å². The third-order valence-electron chi connectivity index (χ3n) is 4.22. The van der Waals surface area contributed by atoms with E-state index in [-0.39, 0.29) is 5.91 Å². The minimum Gasteiger partial charge on any atom is -0.326 e. The number of nitrogens with zero attached hydrogens (tertiary/aromatic N) is 1. The average molecular weight is 289 g/mol. The Hall–Kier alpha value is -1.39. The summed E-state index contributed by atoms with van der Waals surface area (Å²) in [4.78, 5) is 14.3. The van der Waals surface area contributed by atoms with Gasteiger partial charge in [-0.15, -0.1) is 0 Å². The fourth-order valence-corrected chi connectivity index (χ4v) is 3.13. The van der Waals surface area contributed by atoms with Crippen molar-refractivity contribution in [3.05, 3.63) is 29.8 Å². The van der Waals surface area contributed by atoms with Gasteiger partial charge in [0.15, 0.2) is 0 Å². The Kier molecular flexibility index (Phi) is 6.21. The van der Waals surface area contributed by atoms with Crippen LogP contribution in [-0.2, 0) is 11.3 Å². The molecule has 116 valence electrons. The largest absolute Gasteiger partial charge is 0.326 e. The van der Waals surface area contributed by atoms with Crippen LogP contribution in [0.15, 0.2) is 24.3 Å². The highest BCUT2D eigenvalue weighted by molar-refractivity contribution is 5.92. The lowest BCUT2D eigenvalue weighted by Gasteiger charge is -2.26. The van der Waals surface area contributed by atoms with E-state index in [1.54, 1.807) is 0 Å². The van der Waals surface area contributed by atoms with Gasteiger partial charge in [0.25, 0.3) is 0 Å². The Bertz CT molecular complexity index is 455. The minimum absolute atomic E-state index is 0.0363. The fourth-order valence-electron chi connectivity index (χ4n) is 3.13. The standard InChI is InChI=1S/C17H27N3O/c1-20(12-14-7-3-2-4-8-14)13-17(21)19-16-10-6-5-9-15(16)11-18/h5-6,9-10,14H,2-4,7-8,11-13,18H2,1H3,(H,19,21). The van der Waals surface area contributed by atoms with E-state index in [0.29, 0.717) is 13.1 Å². The van der Waals surface area contributed by atoms with Crippen LogP contribution in [0, 0.1) is 5.92 Å². The maximum absolute atomic E-state index is 12.1. The Morgan fingerprint density at radius 1 is 1.29 bits per heavy atom. The molecule has 0 aliphatic heterocycles. The quantitative estimate of drug-likeness (QED) is 0.846. The summed E-state index contributed by atoms with van der Waals surface area (Å²) < 4.78 is 0. The van der Waals surface area contributed by atoms with E-state index in [2.05, 4.69) is 10.2 Å². The van der Waals surface area contributed by atoms with Crippen molar-refractivity contribution >= 4 is 11.6 Å². The summed E-state index contributed by atoms with van der Waals surface area (Å²) in [6.45, 7) is 1.90. The molecule has 2 rings (SSSR count). The highest BCUT2D eigenvalue weighted by Crippen LogP contribution is 2.24. The molecule has 0 spiro atoms. The number of nitrogens with two attached hydrogens (primary N) is 1. The summed E-state index contributed by atoms with van der Waals surface area (Å²) >= 11 is 0. The molecule has 1 amide bonds. The minimum atomic E-state index is 0.0363. The first-order valence-corrected chi connectivity index (χ1v) is 7.95. The van der Waals surface area contributed by atoms with Crippen molar-refractivity contribution in [2.45, 2.75) is 38.6 Å². The molecule has 0 unspecified atom stereocenters.